The maximum atomic E-state index is 14.6. The molecule has 1 atom stereocenters. The molecule has 6 nitrogen and oxygen atoms in total. The molecule has 0 aliphatic carbocycles. The Bertz CT molecular complexity index is 2410. The van der Waals surface area contributed by atoms with E-state index in [-0.39, 0.29) is 11.4 Å². The Kier molecular flexibility index (Phi) is 11.6. The van der Waals surface area contributed by atoms with Gasteiger partial charge >= 0.3 is 0 Å². The van der Waals surface area contributed by atoms with E-state index < -0.39 is 21.6 Å². The van der Waals surface area contributed by atoms with Gasteiger partial charge in [0, 0.05) is 23.3 Å². The van der Waals surface area contributed by atoms with Crippen molar-refractivity contribution in [1.82, 2.24) is 13.9 Å². The summed E-state index contributed by atoms with van der Waals surface area (Å²) in [6.45, 7) is 0.0705. The van der Waals surface area contributed by atoms with Crippen molar-refractivity contribution < 1.29 is 8.42 Å². The minimum Gasteiger partial charge on any atom is -0.318 e. The largest absolute Gasteiger partial charge is 0.318 e. The highest BCUT2D eigenvalue weighted by atomic mass is 79.9. The summed E-state index contributed by atoms with van der Waals surface area (Å²) in [6.07, 6.45) is 8.80. The molecule has 0 saturated carbocycles. The summed E-state index contributed by atoms with van der Waals surface area (Å²) in [7, 11) is -3.98. The first-order chi connectivity index (χ1) is 26.9. The Morgan fingerprint density at radius 2 is 1.27 bits per heavy atom. The van der Waals surface area contributed by atoms with Crippen LogP contribution >= 0.6 is 15.9 Å². The predicted octanol–water partition coefficient (Wildman–Crippen LogP) is 10.3. The molecule has 0 radical (unpaired) electrons. The fourth-order valence-electron chi connectivity index (χ4n) is 7.20. The van der Waals surface area contributed by atoms with E-state index in [4.69, 9.17) is 4.98 Å². The zero-order chi connectivity index (χ0) is 38.1. The maximum Gasteiger partial charge on any atom is 0.243 e. The molecule has 1 heterocycles. The van der Waals surface area contributed by atoms with Crippen LogP contribution in [0.25, 0.3) is 6.08 Å². The van der Waals surface area contributed by atoms with Crippen LogP contribution in [0.15, 0.2) is 198 Å². The first kappa shape index (κ1) is 37.5. The standard InChI is InChI=1S/C47H39BrN4O2S/c48-46-30-29-38(33-49)31-39(46)34-52(55(53,54)45-27-14-5-15-28-45)44(32-37-17-6-1-7-18-37)26-16-25-43-35-51(36-50-43)47(40-19-8-2-9-20-40,41-21-10-3-11-22-41)42-23-12-4-13-24-42/h1-25,27-31,35-36,44H,26,32,34H2/b25-16+. The number of sulfonamides is 1. The van der Waals surface area contributed by atoms with Gasteiger partial charge < -0.3 is 4.57 Å². The van der Waals surface area contributed by atoms with Crippen LogP contribution in [0.5, 0.6) is 0 Å². The van der Waals surface area contributed by atoms with Crippen molar-refractivity contribution in [2.75, 3.05) is 0 Å². The third-order valence-corrected chi connectivity index (χ3v) is 12.5. The lowest BCUT2D eigenvalue weighted by Crippen LogP contribution is -2.41. The first-order valence-corrected chi connectivity index (χ1v) is 20.3. The summed E-state index contributed by atoms with van der Waals surface area (Å²) in [4.78, 5) is 5.10. The van der Waals surface area contributed by atoms with Gasteiger partial charge in [0.05, 0.1) is 28.5 Å². The zero-order valence-corrected chi connectivity index (χ0v) is 32.5. The molecule has 55 heavy (non-hydrogen) atoms. The molecule has 272 valence electrons. The summed E-state index contributed by atoms with van der Waals surface area (Å²) in [6, 6.07) is 56.8. The Balaban J connectivity index is 1.29. The van der Waals surface area contributed by atoms with E-state index in [0.717, 1.165) is 32.4 Å². The van der Waals surface area contributed by atoms with Gasteiger partial charge in [0.2, 0.25) is 10.0 Å². The number of nitriles is 1. The normalized spacial score (nSPS) is 12.5. The number of aromatic nitrogens is 2. The van der Waals surface area contributed by atoms with Gasteiger partial charge in [0.1, 0.15) is 5.54 Å². The quantitative estimate of drug-likeness (QED) is 0.103. The monoisotopic (exact) mass is 802 g/mol. The second-order valence-corrected chi connectivity index (χ2v) is 16.0. The molecule has 7 rings (SSSR count). The van der Waals surface area contributed by atoms with Gasteiger partial charge in [-0.15, -0.1) is 0 Å². The molecule has 0 fully saturated rings. The van der Waals surface area contributed by atoms with Crippen LogP contribution in [-0.4, -0.2) is 28.3 Å². The highest BCUT2D eigenvalue weighted by Gasteiger charge is 2.38. The van der Waals surface area contributed by atoms with Gasteiger partial charge in [-0.05, 0) is 77.1 Å². The van der Waals surface area contributed by atoms with Crippen LogP contribution in [0.1, 0.15) is 45.5 Å². The smallest absolute Gasteiger partial charge is 0.243 e. The molecule has 0 bridgehead atoms. The summed E-state index contributed by atoms with van der Waals surface area (Å²) in [5.74, 6) is 0. The number of imidazole rings is 1. The SMILES string of the molecule is N#Cc1ccc(Br)c(CN(C(C/C=C/c2cn(C(c3ccccc3)(c3ccccc3)c3ccccc3)cn2)Cc2ccccc2)S(=O)(=O)c2ccccc2)c1. The van der Waals surface area contributed by atoms with Crippen molar-refractivity contribution in [1.29, 1.82) is 5.26 Å². The highest BCUT2D eigenvalue weighted by molar-refractivity contribution is 9.10. The number of rotatable bonds is 14. The summed E-state index contributed by atoms with van der Waals surface area (Å²) in [5.41, 5.74) is 5.51. The van der Waals surface area contributed by atoms with E-state index >= 15 is 0 Å². The maximum absolute atomic E-state index is 14.6. The van der Waals surface area contributed by atoms with Gasteiger partial charge in [0.15, 0.2) is 0 Å². The molecule has 0 saturated heterocycles. The van der Waals surface area contributed by atoms with Crippen molar-refractivity contribution >= 4 is 32.0 Å². The lowest BCUT2D eigenvalue weighted by atomic mass is 9.77. The number of nitrogens with zero attached hydrogens (tertiary/aromatic N) is 4. The van der Waals surface area contributed by atoms with Crippen molar-refractivity contribution in [2.45, 2.75) is 35.9 Å². The van der Waals surface area contributed by atoms with E-state index in [2.05, 4.69) is 106 Å². The fourth-order valence-corrected chi connectivity index (χ4v) is 9.21. The second kappa shape index (κ2) is 17.1. The predicted molar refractivity (Wildman–Crippen MR) is 222 cm³/mol. The Hall–Kier alpha value is -5.85. The van der Waals surface area contributed by atoms with Gasteiger partial charge in [-0.2, -0.15) is 9.57 Å². The topological polar surface area (TPSA) is 79.0 Å². The average Bonchev–Trinajstić information content (AvgIpc) is 3.71. The van der Waals surface area contributed by atoms with Crippen LogP contribution in [0.4, 0.5) is 0 Å². The number of halogens is 1. The lowest BCUT2D eigenvalue weighted by molar-refractivity contribution is 0.310. The van der Waals surface area contributed by atoms with E-state index in [1.807, 2.05) is 73.1 Å². The van der Waals surface area contributed by atoms with Gasteiger partial charge in [0.25, 0.3) is 0 Å². The molecule has 1 aromatic heterocycles. The minimum absolute atomic E-state index is 0.0705. The van der Waals surface area contributed by atoms with Crippen LogP contribution in [0, 0.1) is 11.3 Å². The Morgan fingerprint density at radius 1 is 0.745 bits per heavy atom. The minimum atomic E-state index is -3.98. The lowest BCUT2D eigenvalue weighted by Gasteiger charge is -2.37. The summed E-state index contributed by atoms with van der Waals surface area (Å²) >= 11 is 3.62. The fraction of sp³-hybridized carbons (Fsp3) is 0.106. The van der Waals surface area contributed by atoms with Gasteiger partial charge in [-0.1, -0.05) is 162 Å². The van der Waals surface area contributed by atoms with Crippen molar-refractivity contribution in [3.05, 3.63) is 232 Å². The molecule has 6 aromatic carbocycles. The number of benzene rings is 6. The Morgan fingerprint density at radius 3 is 1.82 bits per heavy atom. The molecule has 7 aromatic rings. The number of hydrogen-bond acceptors (Lipinski definition) is 4. The van der Waals surface area contributed by atoms with E-state index in [0.29, 0.717) is 24.0 Å². The van der Waals surface area contributed by atoms with E-state index in [1.165, 1.54) is 0 Å². The summed E-state index contributed by atoms with van der Waals surface area (Å²) < 4.78 is 33.7. The second-order valence-electron chi connectivity index (χ2n) is 13.3. The Labute approximate surface area is 331 Å². The van der Waals surface area contributed by atoms with E-state index in [9.17, 15) is 13.7 Å². The molecular formula is C47H39BrN4O2S. The molecule has 8 heteroatoms. The highest BCUT2D eigenvalue weighted by Crippen LogP contribution is 2.41. The molecule has 0 amide bonds. The van der Waals surface area contributed by atoms with Crippen molar-refractivity contribution in [3.63, 3.8) is 0 Å². The van der Waals surface area contributed by atoms with Gasteiger partial charge in [-0.3, -0.25) is 0 Å². The molecule has 0 aliphatic rings. The molecule has 1 unspecified atom stereocenters. The molecule has 0 aliphatic heterocycles. The average molecular weight is 804 g/mol. The first-order valence-electron chi connectivity index (χ1n) is 18.1. The molecule has 0 N–H and O–H groups in total. The van der Waals surface area contributed by atoms with Crippen molar-refractivity contribution in [3.8, 4) is 6.07 Å². The number of hydrogen-bond donors (Lipinski definition) is 0. The van der Waals surface area contributed by atoms with E-state index in [1.54, 1.807) is 46.8 Å². The zero-order valence-electron chi connectivity index (χ0n) is 30.1. The van der Waals surface area contributed by atoms with Crippen LogP contribution in [0.3, 0.4) is 0 Å². The summed E-state index contributed by atoms with van der Waals surface area (Å²) in [5, 5.41) is 9.69. The van der Waals surface area contributed by atoms with Crippen LogP contribution in [-0.2, 0) is 28.5 Å². The third kappa shape index (κ3) is 8.15. The third-order valence-electron chi connectivity index (χ3n) is 9.83. The molecular weight excluding hydrogens is 765 g/mol. The van der Waals surface area contributed by atoms with Crippen LogP contribution < -0.4 is 0 Å². The van der Waals surface area contributed by atoms with Gasteiger partial charge in [-0.25, -0.2) is 13.4 Å². The molecule has 0 spiro atoms. The van der Waals surface area contributed by atoms with Crippen LogP contribution in [0.2, 0.25) is 0 Å². The van der Waals surface area contributed by atoms with Crippen molar-refractivity contribution in [2.24, 2.45) is 0 Å².